The normalized spacial score (nSPS) is 23.9. The fourth-order valence-electron chi connectivity index (χ4n) is 5.05. The van der Waals surface area contributed by atoms with Gasteiger partial charge in [-0.3, -0.25) is 4.79 Å². The average Bonchev–Trinajstić information content (AvgIpc) is 2.62. The molecule has 1 aliphatic carbocycles. The summed E-state index contributed by atoms with van der Waals surface area (Å²) in [5.74, 6) is 2.54. The smallest absolute Gasteiger partial charge is 0.133 e. The van der Waals surface area contributed by atoms with E-state index in [0.717, 1.165) is 12.8 Å². The van der Waals surface area contributed by atoms with Crippen molar-refractivity contribution in [3.63, 3.8) is 0 Å². The zero-order chi connectivity index (χ0) is 20.1. The molecule has 4 unspecified atom stereocenters. The minimum Gasteiger partial charge on any atom is -0.300 e. The third kappa shape index (κ3) is 9.95. The summed E-state index contributed by atoms with van der Waals surface area (Å²) in [6.07, 6.45) is 21.3. The number of carbonyl (C=O) groups is 1. The van der Waals surface area contributed by atoms with Gasteiger partial charge in [0.1, 0.15) is 5.78 Å². The van der Waals surface area contributed by atoms with Crippen molar-refractivity contribution in [2.75, 3.05) is 0 Å². The Kier molecular flexibility index (Phi) is 13.1. The molecule has 158 valence electrons. The molecular formula is C26H48O. The van der Waals surface area contributed by atoms with Crippen LogP contribution in [-0.4, -0.2) is 5.78 Å². The first-order valence-electron chi connectivity index (χ1n) is 12.1. The molecular weight excluding hydrogens is 328 g/mol. The Bertz CT molecular complexity index is 422. The molecule has 0 saturated carbocycles. The van der Waals surface area contributed by atoms with Gasteiger partial charge in [-0.1, -0.05) is 109 Å². The molecule has 0 amide bonds. The number of Topliss-reactive ketones (excluding diaryl/α,β-unsaturated/α-hetero) is 1. The Morgan fingerprint density at radius 3 is 1.89 bits per heavy atom. The lowest BCUT2D eigenvalue weighted by atomic mass is 9.67. The first kappa shape index (κ1) is 24.4. The maximum atomic E-state index is 12.3. The summed E-state index contributed by atoms with van der Waals surface area (Å²) >= 11 is 0. The van der Waals surface area contributed by atoms with Crippen molar-refractivity contribution in [2.45, 2.75) is 125 Å². The molecule has 0 aromatic heterocycles. The van der Waals surface area contributed by atoms with E-state index in [9.17, 15) is 4.79 Å². The van der Waals surface area contributed by atoms with Crippen LogP contribution in [0.15, 0.2) is 11.6 Å². The van der Waals surface area contributed by atoms with E-state index in [1.165, 1.54) is 82.6 Å². The number of rotatable bonds is 15. The molecule has 0 aromatic rings. The summed E-state index contributed by atoms with van der Waals surface area (Å²) in [6, 6.07) is 0. The van der Waals surface area contributed by atoms with Gasteiger partial charge in [0.15, 0.2) is 0 Å². The number of hydrogen-bond donors (Lipinski definition) is 0. The van der Waals surface area contributed by atoms with Gasteiger partial charge >= 0.3 is 0 Å². The minimum absolute atomic E-state index is 0.286. The summed E-state index contributed by atoms with van der Waals surface area (Å²) in [5, 5.41) is 0. The molecule has 0 N–H and O–H groups in total. The molecule has 0 heterocycles. The fraction of sp³-hybridized carbons (Fsp3) is 0.885. The van der Waals surface area contributed by atoms with E-state index in [4.69, 9.17) is 0 Å². The van der Waals surface area contributed by atoms with Gasteiger partial charge in [-0.25, -0.2) is 0 Å². The predicted octanol–water partition coefficient (Wildman–Crippen LogP) is 8.52. The van der Waals surface area contributed by atoms with E-state index in [0.29, 0.717) is 23.5 Å². The van der Waals surface area contributed by atoms with E-state index in [1.54, 1.807) is 0 Å². The van der Waals surface area contributed by atoms with Crippen LogP contribution in [0.25, 0.3) is 0 Å². The van der Waals surface area contributed by atoms with Gasteiger partial charge in [0.2, 0.25) is 0 Å². The Hall–Kier alpha value is -0.590. The standard InChI is InChI=1S/C26H48O/c1-6-7-8-9-10-11-12-13-14-15-16-17-18-25(24(5)27)26-20-21(2)19-22(3)23(26)4/h19,22-23,25-26H,6-18,20H2,1-5H3. The van der Waals surface area contributed by atoms with Crippen LogP contribution in [0, 0.1) is 23.7 Å². The zero-order valence-corrected chi connectivity index (χ0v) is 19.2. The summed E-state index contributed by atoms with van der Waals surface area (Å²) in [5.41, 5.74) is 1.49. The lowest BCUT2D eigenvalue weighted by Crippen LogP contribution is -2.32. The predicted molar refractivity (Wildman–Crippen MR) is 120 cm³/mol. The molecule has 0 bridgehead atoms. The maximum absolute atomic E-state index is 12.3. The van der Waals surface area contributed by atoms with Gasteiger partial charge < -0.3 is 0 Å². The zero-order valence-electron chi connectivity index (χ0n) is 19.2. The van der Waals surface area contributed by atoms with Crippen molar-refractivity contribution in [1.29, 1.82) is 0 Å². The molecule has 0 spiro atoms. The largest absolute Gasteiger partial charge is 0.300 e. The summed E-state index contributed by atoms with van der Waals surface area (Å²) in [7, 11) is 0. The summed E-state index contributed by atoms with van der Waals surface area (Å²) in [4.78, 5) is 12.3. The van der Waals surface area contributed by atoms with Crippen LogP contribution in [0.3, 0.4) is 0 Å². The number of hydrogen-bond acceptors (Lipinski definition) is 1. The molecule has 0 saturated heterocycles. The molecule has 4 atom stereocenters. The van der Waals surface area contributed by atoms with E-state index in [1.807, 2.05) is 6.92 Å². The van der Waals surface area contributed by atoms with Crippen LogP contribution in [0.2, 0.25) is 0 Å². The number of carbonyl (C=O) groups excluding carboxylic acids is 1. The van der Waals surface area contributed by atoms with Crippen LogP contribution in [0.5, 0.6) is 0 Å². The van der Waals surface area contributed by atoms with Crippen molar-refractivity contribution < 1.29 is 4.79 Å². The first-order chi connectivity index (χ1) is 13.0. The monoisotopic (exact) mass is 376 g/mol. The van der Waals surface area contributed by atoms with Crippen molar-refractivity contribution in [1.82, 2.24) is 0 Å². The van der Waals surface area contributed by atoms with E-state index in [2.05, 4.69) is 33.8 Å². The van der Waals surface area contributed by atoms with Crippen molar-refractivity contribution in [3.05, 3.63) is 11.6 Å². The highest BCUT2D eigenvalue weighted by Crippen LogP contribution is 2.40. The van der Waals surface area contributed by atoms with Crippen LogP contribution in [-0.2, 0) is 4.79 Å². The second-order valence-electron chi connectivity index (χ2n) is 9.49. The average molecular weight is 377 g/mol. The molecule has 1 heteroatoms. The van der Waals surface area contributed by atoms with Gasteiger partial charge in [0.25, 0.3) is 0 Å². The number of allylic oxidation sites excluding steroid dienone is 2. The lowest BCUT2D eigenvalue weighted by molar-refractivity contribution is -0.123. The number of ketones is 1. The van der Waals surface area contributed by atoms with E-state index < -0.39 is 0 Å². The molecule has 27 heavy (non-hydrogen) atoms. The second-order valence-corrected chi connectivity index (χ2v) is 9.49. The van der Waals surface area contributed by atoms with E-state index in [-0.39, 0.29) is 5.92 Å². The topological polar surface area (TPSA) is 17.1 Å². The van der Waals surface area contributed by atoms with Crippen molar-refractivity contribution in [2.24, 2.45) is 23.7 Å². The van der Waals surface area contributed by atoms with Gasteiger partial charge in [-0.2, -0.15) is 0 Å². The van der Waals surface area contributed by atoms with Crippen LogP contribution < -0.4 is 0 Å². The van der Waals surface area contributed by atoms with Gasteiger partial charge in [0, 0.05) is 5.92 Å². The third-order valence-corrected chi connectivity index (χ3v) is 7.02. The van der Waals surface area contributed by atoms with Crippen molar-refractivity contribution >= 4 is 5.78 Å². The molecule has 0 aliphatic heterocycles. The SMILES string of the molecule is CCCCCCCCCCCCCCC(C(C)=O)C1CC(C)=CC(C)C1C. The highest BCUT2D eigenvalue weighted by Gasteiger charge is 2.34. The Morgan fingerprint density at radius 2 is 1.41 bits per heavy atom. The summed E-state index contributed by atoms with van der Waals surface area (Å²) < 4.78 is 0. The van der Waals surface area contributed by atoms with Crippen LogP contribution >= 0.6 is 0 Å². The molecule has 1 nitrogen and oxygen atoms in total. The molecule has 0 aromatic carbocycles. The highest BCUT2D eigenvalue weighted by molar-refractivity contribution is 5.78. The second kappa shape index (κ2) is 14.4. The minimum atomic E-state index is 0.286. The van der Waals surface area contributed by atoms with E-state index >= 15 is 0 Å². The Morgan fingerprint density at radius 1 is 0.926 bits per heavy atom. The molecule has 1 aliphatic rings. The quantitative estimate of drug-likeness (QED) is 0.207. The highest BCUT2D eigenvalue weighted by atomic mass is 16.1. The van der Waals surface area contributed by atoms with Gasteiger partial charge in [-0.05, 0) is 44.4 Å². The molecule has 1 rings (SSSR count). The summed E-state index contributed by atoms with van der Waals surface area (Å²) in [6.45, 7) is 11.0. The number of unbranched alkanes of at least 4 members (excludes halogenated alkanes) is 11. The molecule has 0 fully saturated rings. The lowest BCUT2D eigenvalue weighted by Gasteiger charge is -2.37. The third-order valence-electron chi connectivity index (χ3n) is 7.02. The maximum Gasteiger partial charge on any atom is 0.133 e. The Labute approximate surface area is 170 Å². The van der Waals surface area contributed by atoms with Crippen LogP contribution in [0.4, 0.5) is 0 Å². The van der Waals surface area contributed by atoms with Gasteiger partial charge in [-0.15, -0.1) is 0 Å². The molecule has 0 radical (unpaired) electrons. The van der Waals surface area contributed by atoms with Crippen molar-refractivity contribution in [3.8, 4) is 0 Å². The van der Waals surface area contributed by atoms with Gasteiger partial charge in [0.05, 0.1) is 0 Å². The fourth-order valence-corrected chi connectivity index (χ4v) is 5.05. The Balaban J connectivity index is 2.14. The first-order valence-corrected chi connectivity index (χ1v) is 12.1. The van der Waals surface area contributed by atoms with Crippen LogP contribution in [0.1, 0.15) is 125 Å².